The molecule has 4 fully saturated rings. The van der Waals surface area contributed by atoms with E-state index in [1.54, 1.807) is 0 Å². The number of nitrogens with zero attached hydrogens (tertiary/aromatic N) is 2. The Morgan fingerprint density at radius 3 is 1.59 bits per heavy atom. The predicted octanol–water partition coefficient (Wildman–Crippen LogP) is 0.369. The van der Waals surface area contributed by atoms with Gasteiger partial charge in [0, 0.05) is 43.6 Å². The van der Waals surface area contributed by atoms with Gasteiger partial charge in [-0.1, -0.05) is 6.07 Å². The number of aliphatic hydroxyl groups is 4. The molecule has 0 saturated carbocycles. The van der Waals surface area contributed by atoms with Crippen LogP contribution in [0, 0.1) is 11.8 Å². The van der Waals surface area contributed by atoms with Crippen LogP contribution in [0.15, 0.2) is 24.3 Å². The molecule has 4 saturated heterocycles. The summed E-state index contributed by atoms with van der Waals surface area (Å²) in [6.45, 7) is 7.09. The lowest BCUT2D eigenvalue weighted by Crippen LogP contribution is -2.53. The molecule has 1 aromatic carbocycles. The Hall–Kier alpha value is -1.42. The average molecular weight is 479 g/mol. The van der Waals surface area contributed by atoms with Crippen LogP contribution in [-0.4, -0.2) is 119 Å². The number of benzene rings is 1. The van der Waals surface area contributed by atoms with Crippen molar-refractivity contribution in [3.8, 4) is 11.5 Å². The maximum atomic E-state index is 10.5. The minimum absolute atomic E-state index is 0.139. The SMILES string of the molecule is OC[C@@H]1CC[N@+]2(CCOc3cccc(OCC[N@@+]45CC[C@@H](CO)[C@H]4[C@@H](O)CC5)c3)CC[C@@H](O)[C@@H]12. The van der Waals surface area contributed by atoms with Crippen molar-refractivity contribution >= 4 is 0 Å². The van der Waals surface area contributed by atoms with Gasteiger partial charge in [-0.2, -0.15) is 0 Å². The van der Waals surface area contributed by atoms with Crippen molar-refractivity contribution in [3.63, 3.8) is 0 Å². The molecule has 4 aliphatic rings. The van der Waals surface area contributed by atoms with Gasteiger partial charge in [0.15, 0.2) is 0 Å². The first kappa shape index (κ1) is 24.3. The lowest BCUT2D eigenvalue weighted by atomic mass is 9.97. The molecule has 0 radical (unpaired) electrons. The molecule has 0 aromatic heterocycles. The van der Waals surface area contributed by atoms with Crippen molar-refractivity contribution in [1.82, 2.24) is 0 Å². The van der Waals surface area contributed by atoms with E-state index in [0.29, 0.717) is 13.2 Å². The molecule has 0 aliphatic carbocycles. The summed E-state index contributed by atoms with van der Waals surface area (Å²) >= 11 is 0. The topological polar surface area (TPSA) is 99.4 Å². The Morgan fingerprint density at radius 2 is 1.15 bits per heavy atom. The average Bonchev–Trinajstić information content (AvgIpc) is 3.56. The van der Waals surface area contributed by atoms with Gasteiger partial charge in [0.25, 0.3) is 0 Å². The fourth-order valence-corrected chi connectivity index (χ4v) is 7.87. The number of rotatable bonds is 10. The van der Waals surface area contributed by atoms with Crippen LogP contribution in [-0.2, 0) is 0 Å². The Bertz CT molecular complexity index is 778. The number of hydrogen-bond acceptors (Lipinski definition) is 6. The Balaban J connectivity index is 1.13. The van der Waals surface area contributed by atoms with Crippen molar-refractivity contribution in [3.05, 3.63) is 24.3 Å². The van der Waals surface area contributed by atoms with Crippen LogP contribution in [0.25, 0.3) is 0 Å². The zero-order chi connectivity index (χ0) is 23.8. The molecule has 8 atom stereocenters. The maximum absolute atomic E-state index is 10.5. The van der Waals surface area contributed by atoms with E-state index in [9.17, 15) is 20.4 Å². The van der Waals surface area contributed by atoms with Gasteiger partial charge in [0.2, 0.25) is 0 Å². The van der Waals surface area contributed by atoms with E-state index >= 15 is 0 Å². The van der Waals surface area contributed by atoms with Crippen LogP contribution in [0.3, 0.4) is 0 Å². The third kappa shape index (κ3) is 4.33. The van der Waals surface area contributed by atoms with Gasteiger partial charge in [-0.15, -0.1) is 0 Å². The normalized spacial score (nSPS) is 40.9. The van der Waals surface area contributed by atoms with Crippen LogP contribution in [0.5, 0.6) is 11.5 Å². The zero-order valence-electron chi connectivity index (χ0n) is 20.2. The van der Waals surface area contributed by atoms with Gasteiger partial charge in [-0.25, -0.2) is 0 Å². The number of quaternary nitrogens is 2. The fourth-order valence-electron chi connectivity index (χ4n) is 7.87. The highest BCUT2D eigenvalue weighted by Gasteiger charge is 2.56. The predicted molar refractivity (Wildman–Crippen MR) is 126 cm³/mol. The molecule has 0 bridgehead atoms. The molecule has 0 unspecified atom stereocenters. The standard InChI is InChI=1S/C26H42N2O6/c29-17-19-4-8-27(10-6-23(31)25(19)27)12-14-33-21-2-1-3-22(16-21)34-15-13-28-9-5-20(18-30)26(28)24(32)7-11-28/h1-3,16,19-20,23-26,29-32H,4-15,17-18H2/q+2/t19-,20-,23-,24+,25-,26+,27-,28+/m0/s1. The Morgan fingerprint density at radius 1 is 0.706 bits per heavy atom. The summed E-state index contributed by atoms with van der Waals surface area (Å²) in [5.74, 6) is 1.96. The van der Waals surface area contributed by atoms with E-state index < -0.39 is 0 Å². The van der Waals surface area contributed by atoms with E-state index in [0.717, 1.165) is 85.4 Å². The Kier molecular flexibility index (Phi) is 7.08. The van der Waals surface area contributed by atoms with E-state index in [1.165, 1.54) is 0 Å². The summed E-state index contributed by atoms with van der Waals surface area (Å²) in [4.78, 5) is 0. The highest BCUT2D eigenvalue weighted by molar-refractivity contribution is 5.32. The van der Waals surface area contributed by atoms with Gasteiger partial charge in [0.1, 0.15) is 62.1 Å². The summed E-state index contributed by atoms with van der Waals surface area (Å²) in [5.41, 5.74) is 0. The minimum atomic E-state index is -0.317. The summed E-state index contributed by atoms with van der Waals surface area (Å²) in [5, 5.41) is 40.4. The molecule has 4 aliphatic heterocycles. The van der Waals surface area contributed by atoms with Crippen molar-refractivity contribution in [2.45, 2.75) is 50.0 Å². The minimum Gasteiger partial charge on any atom is -0.488 e. The second-order valence-electron chi connectivity index (χ2n) is 11.1. The Labute approximate surface area is 202 Å². The molecule has 190 valence electrons. The van der Waals surface area contributed by atoms with Crippen molar-refractivity contribution in [2.24, 2.45) is 11.8 Å². The molecule has 34 heavy (non-hydrogen) atoms. The molecule has 4 N–H and O–H groups in total. The van der Waals surface area contributed by atoms with Gasteiger partial charge < -0.3 is 38.9 Å². The lowest BCUT2D eigenvalue weighted by molar-refractivity contribution is -0.930. The quantitative estimate of drug-likeness (QED) is 0.363. The molecule has 0 spiro atoms. The monoisotopic (exact) mass is 478 g/mol. The largest absolute Gasteiger partial charge is 0.488 e. The number of aliphatic hydroxyl groups excluding tert-OH is 4. The summed E-state index contributed by atoms with van der Waals surface area (Å²) in [6.07, 6.45) is 2.92. The second-order valence-corrected chi connectivity index (χ2v) is 11.1. The van der Waals surface area contributed by atoms with E-state index in [2.05, 4.69) is 0 Å². The summed E-state index contributed by atoms with van der Waals surface area (Å²) in [6, 6.07) is 8.06. The zero-order valence-corrected chi connectivity index (χ0v) is 20.2. The maximum Gasteiger partial charge on any atom is 0.137 e. The van der Waals surface area contributed by atoms with Gasteiger partial charge in [-0.3, -0.25) is 0 Å². The van der Waals surface area contributed by atoms with Crippen LogP contribution in [0.2, 0.25) is 0 Å². The molecule has 0 amide bonds. The van der Waals surface area contributed by atoms with Crippen LogP contribution < -0.4 is 9.47 Å². The lowest BCUT2D eigenvalue weighted by Gasteiger charge is -2.36. The highest BCUT2D eigenvalue weighted by Crippen LogP contribution is 2.41. The molecular weight excluding hydrogens is 436 g/mol. The second kappa shape index (κ2) is 9.91. The van der Waals surface area contributed by atoms with Gasteiger partial charge in [0.05, 0.1) is 39.4 Å². The molecule has 1 aromatic rings. The van der Waals surface area contributed by atoms with E-state index in [1.807, 2.05) is 24.3 Å². The third-order valence-electron chi connectivity index (χ3n) is 9.54. The molecular formula is C26H42N2O6+2. The first-order valence-electron chi connectivity index (χ1n) is 13.2. The molecule has 4 heterocycles. The smallest absolute Gasteiger partial charge is 0.137 e. The van der Waals surface area contributed by atoms with Crippen molar-refractivity contribution in [2.75, 3.05) is 65.7 Å². The van der Waals surface area contributed by atoms with E-state index in [4.69, 9.17) is 9.47 Å². The first-order valence-corrected chi connectivity index (χ1v) is 13.2. The molecule has 8 nitrogen and oxygen atoms in total. The van der Waals surface area contributed by atoms with Crippen LogP contribution >= 0.6 is 0 Å². The molecule has 5 rings (SSSR count). The third-order valence-corrected chi connectivity index (χ3v) is 9.54. The van der Waals surface area contributed by atoms with Crippen LogP contribution in [0.1, 0.15) is 25.7 Å². The molecule has 8 heteroatoms. The van der Waals surface area contributed by atoms with Crippen LogP contribution in [0.4, 0.5) is 0 Å². The number of fused-ring (bicyclic) bond motifs is 2. The van der Waals surface area contributed by atoms with Gasteiger partial charge >= 0.3 is 0 Å². The number of hydrogen-bond donors (Lipinski definition) is 4. The van der Waals surface area contributed by atoms with E-state index in [-0.39, 0.29) is 49.3 Å². The first-order chi connectivity index (χ1) is 16.5. The van der Waals surface area contributed by atoms with Crippen molar-refractivity contribution in [1.29, 1.82) is 0 Å². The summed E-state index contributed by atoms with van der Waals surface area (Å²) in [7, 11) is 0. The highest BCUT2D eigenvalue weighted by atomic mass is 16.5. The fraction of sp³-hybridized carbons (Fsp3) is 0.769. The summed E-state index contributed by atoms with van der Waals surface area (Å²) < 4.78 is 13.9. The van der Waals surface area contributed by atoms with Crippen molar-refractivity contribution < 1.29 is 38.9 Å². The van der Waals surface area contributed by atoms with Gasteiger partial charge in [-0.05, 0) is 12.1 Å². The number of ether oxygens (including phenoxy) is 2.